The van der Waals surface area contributed by atoms with Crippen LogP contribution in [0.25, 0.3) is 33.7 Å². The van der Waals surface area contributed by atoms with Gasteiger partial charge in [0.15, 0.2) is 0 Å². The second-order valence-corrected chi connectivity index (χ2v) is 8.53. The quantitative estimate of drug-likeness (QED) is 0.321. The number of fused-ring (bicyclic) bond motifs is 1. The van der Waals surface area contributed by atoms with Gasteiger partial charge in [0.25, 0.3) is 11.8 Å². The number of halogens is 1. The molecule has 0 aliphatic heterocycles. The molecule has 2 aromatic carbocycles. The van der Waals surface area contributed by atoms with Crippen molar-refractivity contribution in [1.82, 2.24) is 25.4 Å². The molecule has 9 nitrogen and oxygen atoms in total. The number of anilines is 1. The summed E-state index contributed by atoms with van der Waals surface area (Å²) in [5, 5.41) is 23.4. The van der Waals surface area contributed by atoms with E-state index in [0.29, 0.717) is 28.3 Å². The molecule has 10 heteroatoms. The number of aliphatic hydroxyl groups excluding tert-OH is 1. The van der Waals surface area contributed by atoms with E-state index in [1.807, 2.05) is 19.9 Å². The molecule has 0 saturated carbocycles. The van der Waals surface area contributed by atoms with Crippen LogP contribution in [0.5, 0.6) is 0 Å². The Morgan fingerprint density at radius 3 is 2.57 bits per heavy atom. The van der Waals surface area contributed by atoms with Gasteiger partial charge in [-0.25, -0.2) is 4.98 Å². The van der Waals surface area contributed by atoms with Gasteiger partial charge in [-0.15, -0.1) is 10.2 Å². The first-order valence-electron chi connectivity index (χ1n) is 11.4. The molecule has 4 aromatic rings. The third kappa shape index (κ3) is 5.59. The van der Waals surface area contributed by atoms with E-state index in [1.165, 1.54) is 0 Å². The second kappa shape index (κ2) is 10.8. The molecule has 0 bridgehead atoms. The lowest BCUT2D eigenvalue weighted by atomic mass is 10.1. The number of carbonyl (C=O) groups excluding carboxylic acids is 1. The number of hydrogen-bond acceptors (Lipinski definition) is 8. The van der Waals surface area contributed by atoms with Crippen LogP contribution in [0.15, 0.2) is 53.1 Å². The molecule has 0 spiro atoms. The number of likely N-dealkylation sites (N-methyl/N-ethyl adjacent to an activating group) is 1. The van der Waals surface area contributed by atoms with Crippen molar-refractivity contribution in [3.8, 4) is 22.9 Å². The van der Waals surface area contributed by atoms with E-state index in [1.54, 1.807) is 42.6 Å². The van der Waals surface area contributed by atoms with E-state index in [-0.39, 0.29) is 30.1 Å². The molecule has 1 atom stereocenters. The van der Waals surface area contributed by atoms with E-state index in [4.69, 9.17) is 21.8 Å². The molecule has 1 unspecified atom stereocenters. The van der Waals surface area contributed by atoms with E-state index < -0.39 is 6.10 Å². The summed E-state index contributed by atoms with van der Waals surface area (Å²) in [6.07, 6.45) is 1.02. The van der Waals surface area contributed by atoms with Gasteiger partial charge in [-0.2, -0.15) is 0 Å². The molecule has 0 radical (unpaired) electrons. The Balaban J connectivity index is 1.48. The van der Waals surface area contributed by atoms with Crippen LogP contribution in [0.2, 0.25) is 5.02 Å². The average Bonchev–Trinajstić information content (AvgIpc) is 3.35. The van der Waals surface area contributed by atoms with E-state index in [0.717, 1.165) is 23.9 Å². The lowest BCUT2D eigenvalue weighted by molar-refractivity contribution is 0.0869. The third-order valence-electron chi connectivity index (χ3n) is 5.78. The zero-order chi connectivity index (χ0) is 24.9. The van der Waals surface area contributed by atoms with Crippen LogP contribution in [-0.2, 0) is 0 Å². The number of nitrogen functional groups attached to an aromatic ring is 1. The van der Waals surface area contributed by atoms with E-state index >= 15 is 0 Å². The highest BCUT2D eigenvalue weighted by molar-refractivity contribution is 6.31. The molecule has 1 amide bonds. The number of nitrogens with two attached hydrogens (primary N) is 1. The third-order valence-corrected chi connectivity index (χ3v) is 6.01. The maximum absolute atomic E-state index is 12.5. The van der Waals surface area contributed by atoms with Gasteiger partial charge in [0.2, 0.25) is 5.89 Å². The predicted molar refractivity (Wildman–Crippen MR) is 136 cm³/mol. The van der Waals surface area contributed by atoms with Crippen LogP contribution >= 0.6 is 11.6 Å². The summed E-state index contributed by atoms with van der Waals surface area (Å²) in [6, 6.07) is 12.2. The minimum Gasteiger partial charge on any atom is -0.416 e. The zero-order valence-corrected chi connectivity index (χ0v) is 20.3. The number of nitrogens with one attached hydrogen (secondary N) is 1. The smallest absolute Gasteiger partial charge is 0.252 e. The van der Waals surface area contributed by atoms with Gasteiger partial charge in [0.1, 0.15) is 5.82 Å². The van der Waals surface area contributed by atoms with Crippen LogP contribution in [0, 0.1) is 0 Å². The monoisotopic (exact) mass is 494 g/mol. The molecule has 2 aromatic heterocycles. The Morgan fingerprint density at radius 1 is 1.14 bits per heavy atom. The van der Waals surface area contributed by atoms with Gasteiger partial charge in [0.05, 0.1) is 11.7 Å². The number of pyridine rings is 1. The van der Waals surface area contributed by atoms with Crippen LogP contribution in [0.3, 0.4) is 0 Å². The first-order chi connectivity index (χ1) is 16.9. The molecule has 2 heterocycles. The van der Waals surface area contributed by atoms with Crippen molar-refractivity contribution in [3.63, 3.8) is 0 Å². The molecule has 0 aliphatic rings. The topological polar surface area (TPSA) is 130 Å². The summed E-state index contributed by atoms with van der Waals surface area (Å²) in [5.74, 6) is 0.486. The van der Waals surface area contributed by atoms with Gasteiger partial charge in [-0.3, -0.25) is 4.79 Å². The maximum atomic E-state index is 12.5. The molecule has 0 aliphatic carbocycles. The van der Waals surface area contributed by atoms with Crippen molar-refractivity contribution >= 4 is 34.1 Å². The maximum Gasteiger partial charge on any atom is 0.252 e. The number of amides is 1. The highest BCUT2D eigenvalue weighted by Crippen LogP contribution is 2.34. The summed E-state index contributed by atoms with van der Waals surface area (Å²) in [7, 11) is 0. The lowest BCUT2D eigenvalue weighted by Crippen LogP contribution is -2.40. The highest BCUT2D eigenvalue weighted by atomic mass is 35.5. The van der Waals surface area contributed by atoms with E-state index in [2.05, 4.69) is 25.4 Å². The predicted octanol–water partition coefficient (Wildman–Crippen LogP) is 3.62. The molecule has 0 fully saturated rings. The summed E-state index contributed by atoms with van der Waals surface area (Å²) >= 11 is 6.17. The normalized spacial score (nSPS) is 12.3. The second-order valence-electron chi connectivity index (χ2n) is 8.09. The summed E-state index contributed by atoms with van der Waals surface area (Å²) < 4.78 is 5.90. The summed E-state index contributed by atoms with van der Waals surface area (Å²) in [5.41, 5.74) is 7.74. The number of hydrogen-bond donors (Lipinski definition) is 3. The molecule has 4 N–H and O–H groups in total. The molecule has 35 heavy (non-hydrogen) atoms. The average molecular weight is 495 g/mol. The van der Waals surface area contributed by atoms with Gasteiger partial charge in [-0.05, 0) is 49.5 Å². The van der Waals surface area contributed by atoms with Crippen molar-refractivity contribution in [2.45, 2.75) is 20.0 Å². The van der Waals surface area contributed by atoms with Crippen LogP contribution in [0.1, 0.15) is 24.2 Å². The Bertz CT molecular complexity index is 1320. The number of carbonyl (C=O) groups is 1. The largest absolute Gasteiger partial charge is 0.416 e. The molecular weight excluding hydrogens is 468 g/mol. The van der Waals surface area contributed by atoms with Gasteiger partial charge in [-0.1, -0.05) is 31.5 Å². The fourth-order valence-corrected chi connectivity index (χ4v) is 3.96. The molecular formula is C25H27ClN6O3. The first kappa shape index (κ1) is 24.6. The number of benzene rings is 2. The van der Waals surface area contributed by atoms with Crippen molar-refractivity contribution in [2.75, 3.05) is 31.9 Å². The molecule has 4 rings (SSSR count). The number of nitrogens with zero attached hydrogens (tertiary/aromatic N) is 4. The lowest BCUT2D eigenvalue weighted by Gasteiger charge is -2.22. The van der Waals surface area contributed by atoms with Crippen molar-refractivity contribution in [1.29, 1.82) is 0 Å². The van der Waals surface area contributed by atoms with Gasteiger partial charge >= 0.3 is 0 Å². The number of aromatic nitrogens is 3. The Morgan fingerprint density at radius 2 is 1.86 bits per heavy atom. The minimum atomic E-state index is -0.638. The number of rotatable bonds is 9. The standard InChI is InChI=1S/C25H27ClN6O3/c1-3-32(4-2)14-19(33)13-29-23(34)15-5-7-16(8-6-15)24-30-31-25(35-24)21-20-11-18(26)10-9-17(20)12-28-22(21)27/h5-12,19,33H,3-4,13-14H2,1-2H3,(H2,27,28)(H,29,34). The Hall–Kier alpha value is -3.53. The van der Waals surface area contributed by atoms with Crippen LogP contribution in [0.4, 0.5) is 5.82 Å². The van der Waals surface area contributed by atoms with Crippen molar-refractivity contribution in [2.24, 2.45) is 0 Å². The van der Waals surface area contributed by atoms with Gasteiger partial charge in [0, 0.05) is 46.2 Å². The summed E-state index contributed by atoms with van der Waals surface area (Å²) in [4.78, 5) is 18.8. The first-order valence-corrected chi connectivity index (χ1v) is 11.7. The zero-order valence-electron chi connectivity index (χ0n) is 19.5. The fraction of sp³-hybridized carbons (Fsp3) is 0.280. The SMILES string of the molecule is CCN(CC)CC(O)CNC(=O)c1ccc(-c2nnc(-c3c(N)ncc4ccc(Cl)cc34)o2)cc1. The van der Waals surface area contributed by atoms with Crippen LogP contribution < -0.4 is 11.1 Å². The fourth-order valence-electron chi connectivity index (χ4n) is 3.79. The van der Waals surface area contributed by atoms with Crippen molar-refractivity contribution in [3.05, 3.63) is 59.2 Å². The Kier molecular flexibility index (Phi) is 7.60. The Labute approximate surface area is 207 Å². The summed E-state index contributed by atoms with van der Waals surface area (Å²) in [6.45, 7) is 6.44. The molecule has 182 valence electrons. The number of aliphatic hydroxyl groups is 1. The van der Waals surface area contributed by atoms with E-state index in [9.17, 15) is 9.90 Å². The highest BCUT2D eigenvalue weighted by Gasteiger charge is 2.18. The van der Waals surface area contributed by atoms with Gasteiger partial charge < -0.3 is 25.5 Å². The van der Waals surface area contributed by atoms with Crippen LogP contribution in [-0.4, -0.2) is 63.4 Å². The molecule has 0 saturated heterocycles. The minimum absolute atomic E-state index is 0.175. The van der Waals surface area contributed by atoms with Crippen molar-refractivity contribution < 1.29 is 14.3 Å².